The minimum Gasteiger partial charge on any atom is -0.298 e. The molecule has 2 aromatic carbocycles. The lowest BCUT2D eigenvalue weighted by molar-refractivity contribution is 0.102. The van der Waals surface area contributed by atoms with Crippen LogP contribution in [0.2, 0.25) is 0 Å². The standard InChI is InChI=1S/C23H25N3O3S2/c1-3-5-17-6-8-18(9-7-17)21-16(2)30-23(24-21)25-22(27)19-10-12-20(13-11-19)26-14-4-15-31(26,28)29/h6-13H,3-5,14-15H2,1-2H3,(H,24,25,27). The molecular formula is C23H25N3O3S2. The van der Waals surface area contributed by atoms with E-state index in [-0.39, 0.29) is 11.7 Å². The van der Waals surface area contributed by atoms with E-state index in [0.717, 1.165) is 29.0 Å². The van der Waals surface area contributed by atoms with E-state index in [1.807, 2.05) is 6.92 Å². The molecule has 6 nitrogen and oxygen atoms in total. The normalized spacial score (nSPS) is 15.2. The van der Waals surface area contributed by atoms with Crippen molar-refractivity contribution in [3.8, 4) is 11.3 Å². The second kappa shape index (κ2) is 8.80. The third-order valence-electron chi connectivity index (χ3n) is 5.30. The van der Waals surface area contributed by atoms with Crippen LogP contribution in [0.4, 0.5) is 10.8 Å². The summed E-state index contributed by atoms with van der Waals surface area (Å²) in [4.78, 5) is 18.3. The average Bonchev–Trinajstić information content (AvgIpc) is 3.30. The van der Waals surface area contributed by atoms with Gasteiger partial charge >= 0.3 is 0 Å². The first-order valence-corrected chi connectivity index (χ1v) is 12.8. The summed E-state index contributed by atoms with van der Waals surface area (Å²) in [5.41, 5.74) is 4.26. The molecular weight excluding hydrogens is 430 g/mol. The number of anilines is 2. The number of aryl methyl sites for hydroxylation is 2. The molecule has 0 radical (unpaired) electrons. The summed E-state index contributed by atoms with van der Waals surface area (Å²) in [5.74, 6) is -0.100. The molecule has 1 amide bonds. The summed E-state index contributed by atoms with van der Waals surface area (Å²) in [6, 6.07) is 15.0. The predicted molar refractivity (Wildman–Crippen MR) is 126 cm³/mol. The number of nitrogens with one attached hydrogen (secondary N) is 1. The van der Waals surface area contributed by atoms with Crippen molar-refractivity contribution in [1.29, 1.82) is 0 Å². The van der Waals surface area contributed by atoms with Crippen molar-refractivity contribution in [2.75, 3.05) is 21.9 Å². The maximum atomic E-state index is 12.7. The fourth-order valence-electron chi connectivity index (χ4n) is 3.71. The molecule has 31 heavy (non-hydrogen) atoms. The van der Waals surface area contributed by atoms with Crippen molar-refractivity contribution < 1.29 is 13.2 Å². The summed E-state index contributed by atoms with van der Waals surface area (Å²) in [5, 5.41) is 3.41. The predicted octanol–water partition coefficient (Wildman–Crippen LogP) is 4.86. The Morgan fingerprint density at radius 1 is 1.13 bits per heavy atom. The van der Waals surface area contributed by atoms with Crippen molar-refractivity contribution in [1.82, 2.24) is 4.98 Å². The number of sulfonamides is 1. The number of hydrogen-bond donors (Lipinski definition) is 1. The highest BCUT2D eigenvalue weighted by molar-refractivity contribution is 7.93. The summed E-state index contributed by atoms with van der Waals surface area (Å²) < 4.78 is 25.5. The highest BCUT2D eigenvalue weighted by Crippen LogP contribution is 2.31. The molecule has 3 aromatic rings. The Hall–Kier alpha value is -2.71. The summed E-state index contributed by atoms with van der Waals surface area (Å²) in [7, 11) is -3.23. The molecule has 1 N–H and O–H groups in total. The SMILES string of the molecule is CCCc1ccc(-c2nc(NC(=O)c3ccc(N4CCCS4(=O)=O)cc3)sc2C)cc1. The summed E-state index contributed by atoms with van der Waals surface area (Å²) in [6.45, 7) is 4.64. The van der Waals surface area contributed by atoms with E-state index >= 15 is 0 Å². The summed E-state index contributed by atoms with van der Waals surface area (Å²) >= 11 is 1.44. The van der Waals surface area contributed by atoms with Crippen molar-refractivity contribution in [2.24, 2.45) is 0 Å². The van der Waals surface area contributed by atoms with E-state index in [1.165, 1.54) is 21.2 Å². The fraction of sp³-hybridized carbons (Fsp3) is 0.304. The molecule has 1 saturated heterocycles. The van der Waals surface area contributed by atoms with E-state index < -0.39 is 10.0 Å². The number of amides is 1. The van der Waals surface area contributed by atoms with Gasteiger partial charge < -0.3 is 0 Å². The number of aromatic nitrogens is 1. The highest BCUT2D eigenvalue weighted by Gasteiger charge is 2.28. The van der Waals surface area contributed by atoms with Gasteiger partial charge in [-0.05, 0) is 49.6 Å². The van der Waals surface area contributed by atoms with Crippen LogP contribution in [0.5, 0.6) is 0 Å². The molecule has 2 heterocycles. The van der Waals surface area contributed by atoms with Gasteiger partial charge in [-0.15, -0.1) is 11.3 Å². The smallest absolute Gasteiger partial charge is 0.257 e. The molecule has 0 spiro atoms. The Kier molecular flexibility index (Phi) is 6.11. The Labute approximate surface area is 187 Å². The quantitative estimate of drug-likeness (QED) is 0.575. The number of nitrogens with zero attached hydrogens (tertiary/aromatic N) is 2. The van der Waals surface area contributed by atoms with Crippen molar-refractivity contribution in [3.63, 3.8) is 0 Å². The van der Waals surface area contributed by atoms with Gasteiger partial charge in [0.15, 0.2) is 5.13 Å². The maximum absolute atomic E-state index is 12.7. The van der Waals surface area contributed by atoms with E-state index in [1.54, 1.807) is 24.3 Å². The molecule has 1 fully saturated rings. The van der Waals surface area contributed by atoms with Gasteiger partial charge in [0.05, 0.1) is 17.1 Å². The van der Waals surface area contributed by atoms with E-state index in [2.05, 4.69) is 41.5 Å². The maximum Gasteiger partial charge on any atom is 0.257 e. The Morgan fingerprint density at radius 2 is 1.84 bits per heavy atom. The van der Waals surface area contributed by atoms with Gasteiger partial charge in [-0.1, -0.05) is 37.6 Å². The van der Waals surface area contributed by atoms with Crippen LogP contribution in [-0.4, -0.2) is 31.6 Å². The van der Waals surface area contributed by atoms with E-state index in [0.29, 0.717) is 29.3 Å². The van der Waals surface area contributed by atoms with Crippen LogP contribution in [0.3, 0.4) is 0 Å². The van der Waals surface area contributed by atoms with Gasteiger partial charge in [-0.2, -0.15) is 0 Å². The average molecular weight is 456 g/mol. The first-order chi connectivity index (χ1) is 14.9. The Balaban J connectivity index is 1.47. The van der Waals surface area contributed by atoms with Crippen molar-refractivity contribution >= 4 is 38.1 Å². The molecule has 0 aliphatic carbocycles. The minimum atomic E-state index is -3.23. The first-order valence-electron chi connectivity index (χ1n) is 10.4. The molecule has 0 bridgehead atoms. The van der Waals surface area contributed by atoms with Crippen LogP contribution in [0, 0.1) is 6.92 Å². The molecule has 162 valence electrons. The number of carbonyl (C=O) groups is 1. The first kappa shape index (κ1) is 21.5. The third kappa shape index (κ3) is 4.65. The van der Waals surface area contributed by atoms with Crippen LogP contribution in [0.1, 0.15) is 40.6 Å². The van der Waals surface area contributed by atoms with Crippen molar-refractivity contribution in [2.45, 2.75) is 33.1 Å². The zero-order chi connectivity index (χ0) is 22.0. The molecule has 1 aromatic heterocycles. The van der Waals surface area contributed by atoms with Crippen LogP contribution < -0.4 is 9.62 Å². The van der Waals surface area contributed by atoms with Crippen LogP contribution in [0.15, 0.2) is 48.5 Å². The second-order valence-corrected chi connectivity index (χ2v) is 10.8. The van der Waals surface area contributed by atoms with Gasteiger partial charge in [0.1, 0.15) is 0 Å². The molecule has 0 unspecified atom stereocenters. The Morgan fingerprint density at radius 3 is 2.45 bits per heavy atom. The monoisotopic (exact) mass is 455 g/mol. The lowest BCUT2D eigenvalue weighted by Gasteiger charge is -2.16. The molecule has 1 aliphatic rings. The van der Waals surface area contributed by atoms with Gasteiger partial charge in [0, 0.05) is 22.5 Å². The molecule has 8 heteroatoms. The molecule has 0 saturated carbocycles. The lowest BCUT2D eigenvalue weighted by Crippen LogP contribution is -2.25. The van der Waals surface area contributed by atoms with Crippen LogP contribution in [0.25, 0.3) is 11.3 Å². The summed E-state index contributed by atoms with van der Waals surface area (Å²) in [6.07, 6.45) is 2.79. The third-order valence-corrected chi connectivity index (χ3v) is 8.06. The highest BCUT2D eigenvalue weighted by atomic mass is 32.2. The van der Waals surface area contributed by atoms with Gasteiger partial charge in [-0.3, -0.25) is 14.4 Å². The van der Waals surface area contributed by atoms with Gasteiger partial charge in [0.2, 0.25) is 10.0 Å². The zero-order valence-corrected chi connectivity index (χ0v) is 19.2. The van der Waals surface area contributed by atoms with E-state index in [9.17, 15) is 13.2 Å². The largest absolute Gasteiger partial charge is 0.298 e. The van der Waals surface area contributed by atoms with Gasteiger partial charge in [-0.25, -0.2) is 13.4 Å². The Bertz CT molecular complexity index is 1180. The van der Waals surface area contributed by atoms with Crippen LogP contribution >= 0.6 is 11.3 Å². The number of thiazole rings is 1. The number of carbonyl (C=O) groups excluding carboxylic acids is 1. The topological polar surface area (TPSA) is 79.4 Å². The van der Waals surface area contributed by atoms with Crippen molar-refractivity contribution in [3.05, 3.63) is 64.5 Å². The number of benzene rings is 2. The van der Waals surface area contributed by atoms with Crippen LogP contribution in [-0.2, 0) is 16.4 Å². The zero-order valence-electron chi connectivity index (χ0n) is 17.6. The number of hydrogen-bond acceptors (Lipinski definition) is 5. The minimum absolute atomic E-state index is 0.169. The lowest BCUT2D eigenvalue weighted by atomic mass is 10.1. The number of rotatable bonds is 6. The van der Waals surface area contributed by atoms with Gasteiger partial charge in [0.25, 0.3) is 5.91 Å². The van der Waals surface area contributed by atoms with E-state index in [4.69, 9.17) is 0 Å². The fourth-order valence-corrected chi connectivity index (χ4v) is 6.11. The molecule has 4 rings (SSSR count). The second-order valence-electron chi connectivity index (χ2n) is 7.61. The molecule has 1 aliphatic heterocycles. The molecule has 0 atom stereocenters.